The van der Waals surface area contributed by atoms with Crippen molar-refractivity contribution in [3.8, 4) is 11.4 Å². The van der Waals surface area contributed by atoms with E-state index in [0.717, 1.165) is 37.9 Å². The molecule has 5 rings (SSSR count). The van der Waals surface area contributed by atoms with Gasteiger partial charge in [-0.15, -0.1) is 0 Å². The highest BCUT2D eigenvalue weighted by atomic mass is 14.9. The van der Waals surface area contributed by atoms with Crippen LogP contribution in [0.15, 0.2) is 132 Å². The van der Waals surface area contributed by atoms with Crippen molar-refractivity contribution in [2.45, 2.75) is 0 Å². The van der Waals surface area contributed by atoms with Crippen LogP contribution >= 0.6 is 0 Å². The molecule has 0 radical (unpaired) electrons. The van der Waals surface area contributed by atoms with Crippen LogP contribution in [0, 0.1) is 5.41 Å². The molecule has 1 heterocycles. The number of hydrogen-bond acceptors (Lipinski definition) is 3. The molecule has 5 heteroatoms. The van der Waals surface area contributed by atoms with E-state index < -0.39 is 0 Å². The van der Waals surface area contributed by atoms with Crippen molar-refractivity contribution in [3.63, 3.8) is 0 Å². The number of aromatic nitrogens is 2. The van der Waals surface area contributed by atoms with E-state index in [9.17, 15) is 0 Å². The maximum Gasteiger partial charge on any atom is 0.161 e. The van der Waals surface area contributed by atoms with E-state index in [1.807, 2.05) is 72.8 Å². The molecule has 0 atom stereocenters. The van der Waals surface area contributed by atoms with Gasteiger partial charge >= 0.3 is 0 Å². The molecule has 0 spiro atoms. The van der Waals surface area contributed by atoms with E-state index in [1.165, 1.54) is 0 Å². The summed E-state index contributed by atoms with van der Waals surface area (Å²) >= 11 is 0. The minimum Gasteiger partial charge on any atom is -0.282 e. The number of amidine groups is 2. The van der Waals surface area contributed by atoms with Gasteiger partial charge in [-0.25, -0.2) is 20.0 Å². The van der Waals surface area contributed by atoms with Gasteiger partial charge in [0.25, 0.3) is 0 Å². The van der Waals surface area contributed by atoms with Crippen LogP contribution in [0.4, 0.5) is 0 Å². The quantitative estimate of drug-likeness (QED) is 0.257. The Bertz CT molecular complexity index is 1820. The van der Waals surface area contributed by atoms with Gasteiger partial charge in [0.15, 0.2) is 17.5 Å². The van der Waals surface area contributed by atoms with Crippen molar-refractivity contribution in [1.82, 2.24) is 9.97 Å². The van der Waals surface area contributed by atoms with Crippen molar-refractivity contribution in [2.24, 2.45) is 9.98 Å². The third kappa shape index (κ3) is 5.74. The highest BCUT2D eigenvalue weighted by Gasteiger charge is 2.09. The summed E-state index contributed by atoms with van der Waals surface area (Å²) in [7, 11) is 0. The molecule has 38 heavy (non-hydrogen) atoms. The monoisotopic (exact) mass is 491 g/mol. The number of benzene rings is 4. The number of aliphatic imine (C=N–C) groups is 2. The number of rotatable bonds is 5. The van der Waals surface area contributed by atoms with Crippen LogP contribution < -0.4 is 10.4 Å². The second-order valence-corrected chi connectivity index (χ2v) is 8.67. The molecule has 0 amide bonds. The van der Waals surface area contributed by atoms with Gasteiger partial charge in [0.2, 0.25) is 0 Å². The third-order valence-electron chi connectivity index (χ3n) is 5.96. The number of nitrogens with one attached hydrogen (secondary N) is 1. The van der Waals surface area contributed by atoms with Gasteiger partial charge in [0.1, 0.15) is 0 Å². The zero-order valence-electron chi connectivity index (χ0n) is 20.8. The maximum atomic E-state index is 8.67. The van der Waals surface area contributed by atoms with Gasteiger partial charge in [-0.1, -0.05) is 92.0 Å². The predicted octanol–water partition coefficient (Wildman–Crippen LogP) is 5.59. The molecule has 1 aromatic heterocycles. The largest absolute Gasteiger partial charge is 0.282 e. The second-order valence-electron chi connectivity index (χ2n) is 8.67. The van der Waals surface area contributed by atoms with Crippen LogP contribution in [-0.2, 0) is 0 Å². The summed E-state index contributed by atoms with van der Waals surface area (Å²) in [6.45, 7) is 8.12. The first-order valence-electron chi connectivity index (χ1n) is 12.1. The van der Waals surface area contributed by atoms with Crippen LogP contribution in [-0.4, -0.2) is 27.9 Å². The van der Waals surface area contributed by atoms with Crippen molar-refractivity contribution in [1.29, 1.82) is 5.41 Å². The number of fused-ring (bicyclic) bond motifs is 1. The minimum absolute atomic E-state index is 0.0141. The second kappa shape index (κ2) is 11.2. The van der Waals surface area contributed by atoms with Crippen molar-refractivity contribution >= 4 is 41.3 Å². The van der Waals surface area contributed by atoms with E-state index in [4.69, 9.17) is 10.4 Å². The molecular weight excluding hydrogens is 466 g/mol. The molecule has 1 N–H and O–H groups in total. The molecule has 0 bridgehead atoms. The van der Waals surface area contributed by atoms with E-state index in [1.54, 1.807) is 24.7 Å². The van der Waals surface area contributed by atoms with Gasteiger partial charge < -0.3 is 0 Å². The first-order chi connectivity index (χ1) is 18.6. The van der Waals surface area contributed by atoms with Gasteiger partial charge in [0, 0.05) is 35.3 Å². The minimum atomic E-state index is 0.0141. The molecule has 0 fully saturated rings. The Kier molecular flexibility index (Phi) is 7.18. The SMILES string of the molecule is C=C(/C=c1/ccccc1=C)C(=N)/N=C(\N=C\c1ccc2ccccc2c1)c1cccc(-c2ncccn2)c1. The predicted molar refractivity (Wildman–Crippen MR) is 158 cm³/mol. The average Bonchev–Trinajstić information content (AvgIpc) is 2.96. The number of nitrogens with zero attached hydrogens (tertiary/aromatic N) is 4. The molecule has 0 aliphatic rings. The summed E-state index contributed by atoms with van der Waals surface area (Å²) in [5.41, 5.74) is 2.96. The lowest BCUT2D eigenvalue weighted by Crippen LogP contribution is -2.22. The lowest BCUT2D eigenvalue weighted by molar-refractivity contribution is 1.18. The fraction of sp³-hybridized carbons (Fsp3) is 0. The van der Waals surface area contributed by atoms with Gasteiger partial charge in [0.05, 0.1) is 0 Å². The van der Waals surface area contributed by atoms with Crippen LogP contribution in [0.25, 0.3) is 34.8 Å². The van der Waals surface area contributed by atoms with Crippen molar-refractivity contribution < 1.29 is 0 Å². The van der Waals surface area contributed by atoms with Gasteiger partial charge in [-0.3, -0.25) is 5.41 Å². The third-order valence-corrected chi connectivity index (χ3v) is 5.96. The summed E-state index contributed by atoms with van der Waals surface area (Å²) in [6, 6.07) is 31.5. The molecule has 5 aromatic rings. The molecule has 5 nitrogen and oxygen atoms in total. The molecule has 0 aliphatic carbocycles. The van der Waals surface area contributed by atoms with E-state index in [-0.39, 0.29) is 5.84 Å². The van der Waals surface area contributed by atoms with Gasteiger partial charge in [-0.05, 0) is 51.0 Å². The Morgan fingerprint density at radius 2 is 1.55 bits per heavy atom. The van der Waals surface area contributed by atoms with Crippen LogP contribution in [0.3, 0.4) is 0 Å². The van der Waals surface area contributed by atoms with Gasteiger partial charge in [-0.2, -0.15) is 0 Å². The van der Waals surface area contributed by atoms with Crippen molar-refractivity contribution in [3.05, 3.63) is 143 Å². The Hall–Kier alpha value is -5.29. The normalized spacial score (nSPS) is 12.2. The van der Waals surface area contributed by atoms with Crippen LogP contribution in [0.1, 0.15) is 11.1 Å². The summed E-state index contributed by atoms with van der Waals surface area (Å²) < 4.78 is 0. The highest BCUT2D eigenvalue weighted by molar-refractivity contribution is 6.15. The molecule has 4 aromatic carbocycles. The lowest BCUT2D eigenvalue weighted by atomic mass is 10.1. The zero-order chi connectivity index (χ0) is 26.3. The van der Waals surface area contributed by atoms with Crippen LogP contribution in [0.2, 0.25) is 0 Å². The fourth-order valence-corrected chi connectivity index (χ4v) is 3.95. The Labute approximate surface area is 221 Å². The van der Waals surface area contributed by atoms with E-state index >= 15 is 0 Å². The zero-order valence-corrected chi connectivity index (χ0v) is 20.8. The molecule has 0 unspecified atom stereocenters. The first-order valence-corrected chi connectivity index (χ1v) is 12.1. The average molecular weight is 492 g/mol. The Morgan fingerprint density at radius 1 is 0.789 bits per heavy atom. The standard InChI is InChI=1S/C33H25N5/c1-23-9-3-4-11-27(23)19-24(2)31(34)38-33(30-14-7-13-29(21-30)32-35-17-8-18-36-32)37-22-25-15-16-26-10-5-6-12-28(26)20-25/h3-22,34H,1-2H2/b27-19-,34-31?,37-22+,38-33-. The summed E-state index contributed by atoms with van der Waals surface area (Å²) in [5, 5.41) is 12.7. The fourth-order valence-electron chi connectivity index (χ4n) is 3.95. The highest BCUT2D eigenvalue weighted by Crippen LogP contribution is 2.18. The Morgan fingerprint density at radius 3 is 2.37 bits per heavy atom. The van der Waals surface area contributed by atoms with Crippen LogP contribution in [0.5, 0.6) is 0 Å². The molecule has 0 saturated heterocycles. The summed E-state index contributed by atoms with van der Waals surface area (Å²) in [5.74, 6) is 1.01. The molecule has 0 aliphatic heterocycles. The van der Waals surface area contributed by atoms with E-state index in [2.05, 4.69) is 52.4 Å². The molecule has 182 valence electrons. The summed E-state index contributed by atoms with van der Waals surface area (Å²) in [6.07, 6.45) is 6.99. The lowest BCUT2D eigenvalue weighted by Gasteiger charge is -2.06. The maximum absolute atomic E-state index is 8.67. The Balaban J connectivity index is 1.55. The van der Waals surface area contributed by atoms with E-state index in [0.29, 0.717) is 17.2 Å². The topological polar surface area (TPSA) is 74.3 Å². The van der Waals surface area contributed by atoms with Crippen molar-refractivity contribution in [2.75, 3.05) is 0 Å². The number of hydrogen-bond donors (Lipinski definition) is 1. The first kappa shape index (κ1) is 24.4. The summed E-state index contributed by atoms with van der Waals surface area (Å²) in [4.78, 5) is 18.0. The molecule has 0 saturated carbocycles. The molecular formula is C33H25N5. The smallest absolute Gasteiger partial charge is 0.161 e.